The minimum absolute atomic E-state index is 0.0214. The summed E-state index contributed by atoms with van der Waals surface area (Å²) in [6, 6.07) is 10.3. The molecule has 1 fully saturated rings. The highest BCUT2D eigenvalue weighted by Crippen LogP contribution is 2.48. The van der Waals surface area contributed by atoms with Gasteiger partial charge in [-0.25, -0.2) is 0 Å². The molecule has 33 heavy (non-hydrogen) atoms. The molecular formula is C27H37NO5. The third-order valence-corrected chi connectivity index (χ3v) is 7.42. The first kappa shape index (κ1) is 23.7. The van der Waals surface area contributed by atoms with Crippen molar-refractivity contribution in [2.24, 2.45) is 11.8 Å². The fourth-order valence-electron chi connectivity index (χ4n) is 5.74. The van der Waals surface area contributed by atoms with Gasteiger partial charge in [-0.1, -0.05) is 12.5 Å². The average molecular weight is 456 g/mol. The Hall–Kier alpha value is -2.44. The standard InChI is InChI=1S/C27H37NO5/c1-30-23-9-8-18(13-24(23)31-2)27-21-15-26(33-4)25(32-3)14-19(21)12-20(22(27)17-29)16-28-10-6-5-7-11-28/h8-9,13-15,20,22,27,29H,5-7,10-12,16-17H2,1-4H3/t20-,22+,27-/m1/s1. The number of ether oxygens (including phenoxy) is 4. The van der Waals surface area contributed by atoms with Gasteiger partial charge in [0.2, 0.25) is 0 Å². The molecule has 1 saturated heterocycles. The first-order valence-corrected chi connectivity index (χ1v) is 11.9. The van der Waals surface area contributed by atoms with Crippen LogP contribution in [0, 0.1) is 11.8 Å². The SMILES string of the molecule is COc1ccc([C@@H]2c3cc(OC)c(OC)cc3C[C@H](CN3CCCCC3)[C@@H]2CO)cc1OC. The summed E-state index contributed by atoms with van der Waals surface area (Å²) >= 11 is 0. The molecule has 4 rings (SSSR count). The number of methoxy groups -OCH3 is 4. The lowest BCUT2D eigenvalue weighted by molar-refractivity contribution is 0.105. The lowest BCUT2D eigenvalue weighted by Crippen LogP contribution is -2.42. The number of aliphatic hydroxyl groups is 1. The van der Waals surface area contributed by atoms with Crippen LogP contribution in [0.15, 0.2) is 30.3 Å². The highest BCUT2D eigenvalue weighted by Gasteiger charge is 2.39. The lowest BCUT2D eigenvalue weighted by Gasteiger charge is -2.42. The van der Waals surface area contributed by atoms with Crippen molar-refractivity contribution in [1.82, 2.24) is 4.90 Å². The van der Waals surface area contributed by atoms with Crippen LogP contribution < -0.4 is 18.9 Å². The second kappa shape index (κ2) is 10.7. The molecule has 0 radical (unpaired) electrons. The number of nitrogens with zero attached hydrogens (tertiary/aromatic N) is 1. The van der Waals surface area contributed by atoms with Gasteiger partial charge in [0.25, 0.3) is 0 Å². The van der Waals surface area contributed by atoms with E-state index in [1.165, 1.54) is 30.4 Å². The van der Waals surface area contributed by atoms with Gasteiger partial charge in [-0.05, 0) is 85.1 Å². The van der Waals surface area contributed by atoms with Crippen molar-refractivity contribution < 1.29 is 24.1 Å². The van der Waals surface area contributed by atoms with E-state index in [9.17, 15) is 5.11 Å². The number of rotatable bonds is 8. The number of fused-ring (bicyclic) bond motifs is 1. The molecule has 0 bridgehead atoms. The van der Waals surface area contributed by atoms with Crippen LogP contribution in [0.5, 0.6) is 23.0 Å². The van der Waals surface area contributed by atoms with Crippen LogP contribution in [-0.2, 0) is 6.42 Å². The Labute approximate surface area is 197 Å². The predicted molar refractivity (Wildman–Crippen MR) is 129 cm³/mol. The van der Waals surface area contributed by atoms with Crippen molar-refractivity contribution in [3.63, 3.8) is 0 Å². The first-order valence-electron chi connectivity index (χ1n) is 11.9. The molecule has 0 saturated carbocycles. The number of hydrogen-bond donors (Lipinski definition) is 1. The largest absolute Gasteiger partial charge is 0.493 e. The first-order chi connectivity index (χ1) is 16.1. The third-order valence-electron chi connectivity index (χ3n) is 7.42. The van der Waals surface area contributed by atoms with Crippen molar-refractivity contribution in [2.45, 2.75) is 31.6 Å². The van der Waals surface area contributed by atoms with Crippen LogP contribution in [-0.4, -0.2) is 64.7 Å². The molecule has 6 heteroatoms. The third kappa shape index (κ3) is 4.78. The molecule has 2 aromatic carbocycles. The van der Waals surface area contributed by atoms with Crippen LogP contribution in [0.4, 0.5) is 0 Å². The van der Waals surface area contributed by atoms with Crippen molar-refractivity contribution in [2.75, 3.05) is 54.7 Å². The molecule has 0 unspecified atom stereocenters. The number of likely N-dealkylation sites (tertiary alicyclic amines) is 1. The molecule has 180 valence electrons. The van der Waals surface area contributed by atoms with Gasteiger partial charge in [-0.2, -0.15) is 0 Å². The zero-order valence-corrected chi connectivity index (χ0v) is 20.3. The number of piperidine rings is 1. The molecule has 6 nitrogen and oxygen atoms in total. The minimum Gasteiger partial charge on any atom is -0.493 e. The van der Waals surface area contributed by atoms with Gasteiger partial charge >= 0.3 is 0 Å². The Balaban J connectivity index is 1.80. The fourth-order valence-corrected chi connectivity index (χ4v) is 5.74. The number of hydrogen-bond acceptors (Lipinski definition) is 6. The molecule has 3 atom stereocenters. The molecular weight excluding hydrogens is 418 g/mol. The lowest BCUT2D eigenvalue weighted by atomic mass is 9.66. The van der Waals surface area contributed by atoms with E-state index in [0.29, 0.717) is 23.2 Å². The second-order valence-electron chi connectivity index (χ2n) is 9.17. The van der Waals surface area contributed by atoms with E-state index in [1.54, 1.807) is 28.4 Å². The second-order valence-corrected chi connectivity index (χ2v) is 9.17. The highest BCUT2D eigenvalue weighted by molar-refractivity contribution is 5.54. The summed E-state index contributed by atoms with van der Waals surface area (Å²) in [6.45, 7) is 3.43. The molecule has 0 aromatic heterocycles. The maximum Gasteiger partial charge on any atom is 0.161 e. The average Bonchev–Trinajstić information content (AvgIpc) is 2.87. The Morgan fingerprint density at radius 2 is 1.45 bits per heavy atom. The van der Waals surface area contributed by atoms with Gasteiger partial charge in [0, 0.05) is 19.1 Å². The molecule has 1 aliphatic carbocycles. The van der Waals surface area contributed by atoms with Crippen LogP contribution >= 0.6 is 0 Å². The van der Waals surface area contributed by atoms with Gasteiger partial charge < -0.3 is 29.0 Å². The zero-order chi connectivity index (χ0) is 23.4. The molecule has 1 N–H and O–H groups in total. The molecule has 0 amide bonds. The summed E-state index contributed by atoms with van der Waals surface area (Å²) in [5.74, 6) is 3.33. The summed E-state index contributed by atoms with van der Waals surface area (Å²) < 4.78 is 22.4. The Morgan fingerprint density at radius 1 is 0.818 bits per heavy atom. The van der Waals surface area contributed by atoms with E-state index in [2.05, 4.69) is 29.2 Å². The Bertz CT molecular complexity index is 940. The van der Waals surface area contributed by atoms with E-state index in [4.69, 9.17) is 18.9 Å². The van der Waals surface area contributed by atoms with Crippen LogP contribution in [0.2, 0.25) is 0 Å². The fraction of sp³-hybridized carbons (Fsp3) is 0.556. The maximum atomic E-state index is 10.7. The number of aliphatic hydroxyl groups excluding tert-OH is 1. The topological polar surface area (TPSA) is 60.4 Å². The summed E-state index contributed by atoms with van der Waals surface area (Å²) in [7, 11) is 6.66. The molecule has 2 aromatic rings. The normalized spacial score (nSPS) is 23.0. The van der Waals surface area contributed by atoms with E-state index in [1.807, 2.05) is 6.07 Å². The summed E-state index contributed by atoms with van der Waals surface area (Å²) in [6.07, 6.45) is 4.76. The van der Waals surface area contributed by atoms with Crippen molar-refractivity contribution in [3.8, 4) is 23.0 Å². The Morgan fingerprint density at radius 3 is 2.09 bits per heavy atom. The highest BCUT2D eigenvalue weighted by atomic mass is 16.5. The minimum atomic E-state index is 0.0214. The van der Waals surface area contributed by atoms with E-state index >= 15 is 0 Å². The van der Waals surface area contributed by atoms with Crippen LogP contribution in [0.25, 0.3) is 0 Å². The van der Waals surface area contributed by atoms with E-state index < -0.39 is 0 Å². The molecule has 2 aliphatic rings. The predicted octanol–water partition coefficient (Wildman–Crippen LogP) is 4.12. The van der Waals surface area contributed by atoms with Gasteiger partial charge in [-0.3, -0.25) is 0 Å². The zero-order valence-electron chi connectivity index (χ0n) is 20.3. The van der Waals surface area contributed by atoms with Crippen molar-refractivity contribution >= 4 is 0 Å². The molecule has 1 heterocycles. The van der Waals surface area contributed by atoms with Gasteiger partial charge in [-0.15, -0.1) is 0 Å². The van der Waals surface area contributed by atoms with E-state index in [-0.39, 0.29) is 18.4 Å². The van der Waals surface area contributed by atoms with Gasteiger partial charge in [0.05, 0.1) is 28.4 Å². The van der Waals surface area contributed by atoms with E-state index in [0.717, 1.165) is 37.4 Å². The summed E-state index contributed by atoms with van der Waals surface area (Å²) in [4.78, 5) is 2.58. The van der Waals surface area contributed by atoms with Crippen LogP contribution in [0.1, 0.15) is 41.9 Å². The summed E-state index contributed by atoms with van der Waals surface area (Å²) in [5.41, 5.74) is 3.57. The van der Waals surface area contributed by atoms with Crippen LogP contribution in [0.3, 0.4) is 0 Å². The van der Waals surface area contributed by atoms with Crippen molar-refractivity contribution in [1.29, 1.82) is 0 Å². The number of benzene rings is 2. The van der Waals surface area contributed by atoms with Crippen molar-refractivity contribution in [3.05, 3.63) is 47.0 Å². The maximum absolute atomic E-state index is 10.7. The monoisotopic (exact) mass is 455 g/mol. The molecule has 0 spiro atoms. The summed E-state index contributed by atoms with van der Waals surface area (Å²) in [5, 5.41) is 10.7. The van der Waals surface area contributed by atoms with Gasteiger partial charge in [0.1, 0.15) is 0 Å². The van der Waals surface area contributed by atoms with Gasteiger partial charge in [0.15, 0.2) is 23.0 Å². The quantitative estimate of drug-likeness (QED) is 0.646. The smallest absolute Gasteiger partial charge is 0.161 e. The molecule has 1 aliphatic heterocycles. The Kier molecular flexibility index (Phi) is 7.66.